The Morgan fingerprint density at radius 3 is 2.77 bits per heavy atom. The Morgan fingerprint density at radius 2 is 2.00 bits per heavy atom. The molecule has 0 aliphatic heterocycles. The fourth-order valence-corrected chi connectivity index (χ4v) is 2.94. The van der Waals surface area contributed by atoms with Crippen molar-refractivity contribution in [2.75, 3.05) is 30.9 Å². The molecule has 152 valence electrons. The van der Waals surface area contributed by atoms with Gasteiger partial charge in [-0.3, -0.25) is 9.78 Å². The number of imidazole rings is 1. The van der Waals surface area contributed by atoms with Gasteiger partial charge in [-0.15, -0.1) is 5.10 Å². The quantitative estimate of drug-likeness (QED) is 0.458. The van der Waals surface area contributed by atoms with Crippen molar-refractivity contribution in [3.8, 4) is 11.3 Å². The molecule has 0 bridgehead atoms. The van der Waals surface area contributed by atoms with Crippen LogP contribution in [-0.2, 0) is 4.74 Å². The van der Waals surface area contributed by atoms with Crippen LogP contribution in [0.5, 0.6) is 0 Å². The number of rotatable bonds is 7. The Balaban J connectivity index is 1.77. The zero-order valence-corrected chi connectivity index (χ0v) is 16.2. The molecule has 4 aromatic rings. The van der Waals surface area contributed by atoms with E-state index in [0.717, 1.165) is 0 Å². The molecule has 0 radical (unpaired) electrons. The number of fused-ring (bicyclic) bond motifs is 1. The smallest absolute Gasteiger partial charge is 0.259 e. The molecule has 3 aromatic heterocycles. The first-order valence-electron chi connectivity index (χ1n) is 9.25. The number of ether oxygens (including phenoxy) is 1. The molecule has 0 aliphatic carbocycles. The predicted molar refractivity (Wildman–Crippen MR) is 111 cm³/mol. The van der Waals surface area contributed by atoms with Gasteiger partial charge < -0.3 is 15.4 Å². The van der Waals surface area contributed by atoms with Gasteiger partial charge in [0.25, 0.3) is 5.91 Å². The van der Waals surface area contributed by atoms with Crippen molar-refractivity contribution in [1.29, 1.82) is 0 Å². The number of hydrogen-bond donors (Lipinski definition) is 2. The first-order chi connectivity index (χ1) is 14.7. The molecule has 2 N–H and O–H groups in total. The summed E-state index contributed by atoms with van der Waals surface area (Å²) in [7, 11) is 1.60. The number of benzene rings is 1. The van der Waals surface area contributed by atoms with Gasteiger partial charge in [-0.2, -0.15) is 0 Å². The maximum atomic E-state index is 14.3. The highest BCUT2D eigenvalue weighted by molar-refractivity contribution is 6.08. The molecule has 0 spiro atoms. The summed E-state index contributed by atoms with van der Waals surface area (Å²) in [6.45, 7) is 0.984. The monoisotopic (exact) mass is 406 g/mol. The number of pyridine rings is 1. The molecular weight excluding hydrogens is 387 g/mol. The molecule has 0 aliphatic rings. The lowest BCUT2D eigenvalue weighted by molar-refractivity contribution is 0.102. The molecule has 0 saturated carbocycles. The van der Waals surface area contributed by atoms with Crippen LogP contribution >= 0.6 is 0 Å². The third-order valence-corrected chi connectivity index (χ3v) is 4.37. The Labute approximate surface area is 171 Å². The summed E-state index contributed by atoms with van der Waals surface area (Å²) in [6.07, 6.45) is 4.76. The molecule has 0 unspecified atom stereocenters. The Bertz CT molecular complexity index is 1180. The molecular formula is C21H19FN6O2. The number of methoxy groups -OCH3 is 1. The number of nitrogens with one attached hydrogen (secondary N) is 2. The fraction of sp³-hybridized carbons (Fsp3) is 0.143. The summed E-state index contributed by atoms with van der Waals surface area (Å²) in [6, 6.07) is 11.3. The maximum absolute atomic E-state index is 14.3. The van der Waals surface area contributed by atoms with Gasteiger partial charge in [-0.25, -0.2) is 13.9 Å². The second kappa shape index (κ2) is 8.66. The van der Waals surface area contributed by atoms with Gasteiger partial charge in [0, 0.05) is 37.3 Å². The number of halogens is 1. The van der Waals surface area contributed by atoms with Gasteiger partial charge >= 0.3 is 0 Å². The van der Waals surface area contributed by atoms with E-state index in [1.165, 1.54) is 10.6 Å². The third kappa shape index (κ3) is 4.11. The lowest BCUT2D eigenvalue weighted by Gasteiger charge is -2.09. The van der Waals surface area contributed by atoms with E-state index >= 15 is 0 Å². The van der Waals surface area contributed by atoms with Crippen LogP contribution in [0.2, 0.25) is 0 Å². The van der Waals surface area contributed by atoms with Gasteiger partial charge in [0.05, 0.1) is 24.1 Å². The van der Waals surface area contributed by atoms with Gasteiger partial charge in [0.1, 0.15) is 11.6 Å². The van der Waals surface area contributed by atoms with Crippen LogP contribution in [-0.4, -0.2) is 45.8 Å². The Morgan fingerprint density at radius 1 is 1.20 bits per heavy atom. The van der Waals surface area contributed by atoms with Crippen LogP contribution in [0.3, 0.4) is 0 Å². The van der Waals surface area contributed by atoms with Crippen LogP contribution in [0.15, 0.2) is 61.1 Å². The minimum atomic E-state index is -0.401. The van der Waals surface area contributed by atoms with Gasteiger partial charge in [-0.05, 0) is 30.3 Å². The fourth-order valence-electron chi connectivity index (χ4n) is 2.94. The van der Waals surface area contributed by atoms with Crippen molar-refractivity contribution in [2.24, 2.45) is 0 Å². The largest absolute Gasteiger partial charge is 0.383 e. The summed E-state index contributed by atoms with van der Waals surface area (Å²) >= 11 is 0. The summed E-state index contributed by atoms with van der Waals surface area (Å²) < 4.78 is 20.8. The van der Waals surface area contributed by atoms with E-state index in [0.29, 0.717) is 47.1 Å². The summed E-state index contributed by atoms with van der Waals surface area (Å²) in [5.74, 6) is -0.298. The lowest BCUT2D eigenvalue weighted by Crippen LogP contribution is -2.16. The SMILES string of the molecule is COCCNc1cc(C(=O)Nc2ccncc2)c2nc(-c3ccccc3F)cn2n1. The number of amides is 1. The molecule has 0 saturated heterocycles. The van der Waals surface area contributed by atoms with Crippen LogP contribution < -0.4 is 10.6 Å². The van der Waals surface area contributed by atoms with Crippen molar-refractivity contribution in [1.82, 2.24) is 19.6 Å². The van der Waals surface area contributed by atoms with E-state index in [-0.39, 0.29) is 5.91 Å². The van der Waals surface area contributed by atoms with Crippen molar-refractivity contribution in [3.05, 3.63) is 72.4 Å². The Hall–Kier alpha value is -3.85. The molecule has 1 amide bonds. The van der Waals surface area contributed by atoms with Gasteiger partial charge in [-0.1, -0.05) is 12.1 Å². The van der Waals surface area contributed by atoms with Crippen LogP contribution in [0, 0.1) is 5.82 Å². The zero-order chi connectivity index (χ0) is 20.9. The molecule has 0 atom stereocenters. The molecule has 3 heterocycles. The predicted octanol–water partition coefficient (Wildman–Crippen LogP) is 3.24. The van der Waals surface area contributed by atoms with E-state index in [2.05, 4.69) is 25.7 Å². The second-order valence-electron chi connectivity index (χ2n) is 6.43. The van der Waals surface area contributed by atoms with Crippen molar-refractivity contribution < 1.29 is 13.9 Å². The number of nitrogens with zero attached hydrogens (tertiary/aromatic N) is 4. The summed E-state index contributed by atoms with van der Waals surface area (Å²) in [5.41, 5.74) is 1.92. The molecule has 0 fully saturated rings. The molecule has 4 rings (SSSR count). The van der Waals surface area contributed by atoms with Crippen LogP contribution in [0.1, 0.15) is 10.4 Å². The molecule has 30 heavy (non-hydrogen) atoms. The van der Waals surface area contributed by atoms with Crippen LogP contribution in [0.25, 0.3) is 16.9 Å². The van der Waals surface area contributed by atoms with Crippen molar-refractivity contribution in [2.45, 2.75) is 0 Å². The lowest BCUT2D eigenvalue weighted by atomic mass is 10.1. The van der Waals surface area contributed by atoms with Gasteiger partial charge in [0.2, 0.25) is 0 Å². The standard InChI is InChI=1S/C21H19FN6O2/c1-30-11-10-24-19-12-16(21(29)25-14-6-8-23-9-7-14)20-26-18(13-28(20)27-19)15-4-2-3-5-17(15)22/h2-9,12-13H,10-11H2,1H3,(H,24,27)(H,23,25,29). The first kappa shape index (κ1) is 19.5. The van der Waals surface area contributed by atoms with E-state index < -0.39 is 5.82 Å². The summed E-state index contributed by atoms with van der Waals surface area (Å²) in [5, 5.41) is 10.4. The number of carbonyl (C=O) groups is 1. The van der Waals surface area contributed by atoms with E-state index in [9.17, 15) is 9.18 Å². The molecule has 1 aromatic carbocycles. The number of carbonyl (C=O) groups excluding carboxylic acids is 1. The van der Waals surface area contributed by atoms with Crippen molar-refractivity contribution in [3.63, 3.8) is 0 Å². The van der Waals surface area contributed by atoms with Crippen molar-refractivity contribution >= 4 is 23.1 Å². The zero-order valence-electron chi connectivity index (χ0n) is 16.2. The Kier molecular flexibility index (Phi) is 5.62. The highest BCUT2D eigenvalue weighted by Gasteiger charge is 2.18. The highest BCUT2D eigenvalue weighted by atomic mass is 19.1. The number of aromatic nitrogens is 4. The summed E-state index contributed by atoms with van der Waals surface area (Å²) in [4.78, 5) is 21.4. The minimum Gasteiger partial charge on any atom is -0.383 e. The highest BCUT2D eigenvalue weighted by Crippen LogP contribution is 2.24. The third-order valence-electron chi connectivity index (χ3n) is 4.37. The molecule has 8 nitrogen and oxygen atoms in total. The average molecular weight is 406 g/mol. The topological polar surface area (TPSA) is 93.4 Å². The van der Waals surface area contributed by atoms with E-state index in [1.807, 2.05) is 0 Å². The van der Waals surface area contributed by atoms with E-state index in [1.54, 1.807) is 62.1 Å². The number of anilines is 2. The molecule has 9 heteroatoms. The first-order valence-corrected chi connectivity index (χ1v) is 9.25. The average Bonchev–Trinajstić information content (AvgIpc) is 3.18. The van der Waals surface area contributed by atoms with E-state index in [4.69, 9.17) is 4.74 Å². The van der Waals surface area contributed by atoms with Gasteiger partial charge in [0.15, 0.2) is 5.65 Å². The second-order valence-corrected chi connectivity index (χ2v) is 6.43. The van der Waals surface area contributed by atoms with Crippen LogP contribution in [0.4, 0.5) is 15.9 Å². The number of hydrogen-bond acceptors (Lipinski definition) is 6. The normalized spacial score (nSPS) is 10.9. The minimum absolute atomic E-state index is 0.296. The maximum Gasteiger partial charge on any atom is 0.259 e.